The molecule has 9 rings (SSSR count). The SMILES string of the molecule is c1ccc(-c2nc(-c3ccc4ccc5ccc6nc(-c7ccccc7)oc6c5c4c3)nc(-c3cccc4ccccc34)n2)cc1. The second-order valence-corrected chi connectivity index (χ2v) is 11.1. The first kappa shape index (κ1) is 25.3. The van der Waals surface area contributed by atoms with Crippen molar-refractivity contribution in [3.63, 3.8) is 0 Å². The Balaban J connectivity index is 1.28. The monoisotopic (exact) mass is 576 g/mol. The Morgan fingerprint density at radius 2 is 1.02 bits per heavy atom. The minimum atomic E-state index is 0.607. The topological polar surface area (TPSA) is 64.7 Å². The van der Waals surface area contributed by atoms with Crippen LogP contribution in [0.4, 0.5) is 0 Å². The first-order valence-corrected chi connectivity index (χ1v) is 14.9. The summed E-state index contributed by atoms with van der Waals surface area (Å²) in [5.74, 6) is 2.49. The highest BCUT2D eigenvalue weighted by Gasteiger charge is 2.17. The molecule has 210 valence electrons. The van der Waals surface area contributed by atoms with Crippen molar-refractivity contribution in [2.45, 2.75) is 0 Å². The summed E-state index contributed by atoms with van der Waals surface area (Å²) < 4.78 is 6.46. The van der Waals surface area contributed by atoms with Crippen LogP contribution in [-0.4, -0.2) is 19.9 Å². The van der Waals surface area contributed by atoms with Gasteiger partial charge in [0.15, 0.2) is 23.1 Å². The largest absolute Gasteiger partial charge is 0.435 e. The average Bonchev–Trinajstić information content (AvgIpc) is 3.56. The summed E-state index contributed by atoms with van der Waals surface area (Å²) in [7, 11) is 0. The zero-order valence-corrected chi connectivity index (χ0v) is 24.1. The highest BCUT2D eigenvalue weighted by Crippen LogP contribution is 2.37. The fourth-order valence-corrected chi connectivity index (χ4v) is 6.13. The molecular weight excluding hydrogens is 552 g/mol. The molecule has 0 amide bonds. The summed E-state index contributed by atoms with van der Waals surface area (Å²) in [6, 6.07) is 49.4. The van der Waals surface area contributed by atoms with E-state index < -0.39 is 0 Å². The summed E-state index contributed by atoms with van der Waals surface area (Å²) in [5.41, 5.74) is 5.34. The van der Waals surface area contributed by atoms with Crippen LogP contribution < -0.4 is 0 Å². The molecule has 0 atom stereocenters. The highest BCUT2D eigenvalue weighted by molar-refractivity contribution is 6.18. The molecule has 5 nitrogen and oxygen atoms in total. The average molecular weight is 577 g/mol. The predicted molar refractivity (Wildman–Crippen MR) is 182 cm³/mol. The molecule has 0 radical (unpaired) electrons. The lowest BCUT2D eigenvalue weighted by Crippen LogP contribution is -2.00. The van der Waals surface area contributed by atoms with Crippen molar-refractivity contribution >= 4 is 43.4 Å². The van der Waals surface area contributed by atoms with E-state index in [9.17, 15) is 0 Å². The van der Waals surface area contributed by atoms with Crippen LogP contribution in [0.25, 0.3) is 89.0 Å². The molecule has 45 heavy (non-hydrogen) atoms. The van der Waals surface area contributed by atoms with Gasteiger partial charge in [0.1, 0.15) is 5.52 Å². The molecule has 0 bridgehead atoms. The van der Waals surface area contributed by atoms with Crippen LogP contribution >= 0.6 is 0 Å². The quantitative estimate of drug-likeness (QED) is 0.195. The number of aromatic nitrogens is 4. The second kappa shape index (κ2) is 10.2. The smallest absolute Gasteiger partial charge is 0.227 e. The van der Waals surface area contributed by atoms with Crippen LogP contribution in [-0.2, 0) is 0 Å². The highest BCUT2D eigenvalue weighted by atomic mass is 16.3. The molecule has 0 aliphatic carbocycles. The fraction of sp³-hybridized carbons (Fsp3) is 0. The van der Waals surface area contributed by atoms with Gasteiger partial charge in [0, 0.05) is 27.6 Å². The second-order valence-electron chi connectivity index (χ2n) is 11.1. The van der Waals surface area contributed by atoms with Crippen LogP contribution in [0.15, 0.2) is 150 Å². The molecule has 0 saturated heterocycles. The van der Waals surface area contributed by atoms with Gasteiger partial charge in [-0.2, -0.15) is 0 Å². The van der Waals surface area contributed by atoms with E-state index in [1.807, 2.05) is 78.9 Å². The van der Waals surface area contributed by atoms with Gasteiger partial charge in [0.05, 0.1) is 0 Å². The maximum Gasteiger partial charge on any atom is 0.227 e. The van der Waals surface area contributed by atoms with Crippen molar-refractivity contribution in [3.05, 3.63) is 146 Å². The molecule has 0 aliphatic heterocycles. The Hall–Kier alpha value is -6.20. The van der Waals surface area contributed by atoms with Crippen molar-refractivity contribution in [1.29, 1.82) is 0 Å². The van der Waals surface area contributed by atoms with Gasteiger partial charge in [-0.15, -0.1) is 0 Å². The third-order valence-corrected chi connectivity index (χ3v) is 8.33. The molecule has 0 fully saturated rings. The van der Waals surface area contributed by atoms with Gasteiger partial charge in [-0.05, 0) is 51.2 Å². The predicted octanol–water partition coefficient (Wildman–Crippen LogP) is 10.1. The number of hydrogen-bond acceptors (Lipinski definition) is 5. The molecule has 9 aromatic rings. The number of benzene rings is 7. The third-order valence-electron chi connectivity index (χ3n) is 8.33. The Morgan fingerprint density at radius 1 is 0.400 bits per heavy atom. The van der Waals surface area contributed by atoms with Crippen molar-refractivity contribution in [1.82, 2.24) is 19.9 Å². The minimum absolute atomic E-state index is 0.607. The molecule has 5 heteroatoms. The first-order valence-electron chi connectivity index (χ1n) is 14.9. The molecule has 7 aromatic carbocycles. The van der Waals surface area contributed by atoms with Gasteiger partial charge >= 0.3 is 0 Å². The van der Waals surface area contributed by atoms with E-state index in [1.54, 1.807) is 0 Å². The van der Waals surface area contributed by atoms with Gasteiger partial charge in [-0.25, -0.2) is 19.9 Å². The van der Waals surface area contributed by atoms with Crippen LogP contribution in [0.2, 0.25) is 0 Å². The minimum Gasteiger partial charge on any atom is -0.435 e. The third kappa shape index (κ3) is 4.33. The molecule has 0 aliphatic rings. The van der Waals surface area contributed by atoms with E-state index in [0.717, 1.165) is 65.7 Å². The Bertz CT molecular complexity index is 2530. The molecular formula is C40H24N4O. The Morgan fingerprint density at radius 3 is 1.87 bits per heavy atom. The number of oxazole rings is 1. The Kier molecular flexibility index (Phi) is 5.74. The van der Waals surface area contributed by atoms with Gasteiger partial charge < -0.3 is 4.42 Å². The van der Waals surface area contributed by atoms with Gasteiger partial charge in [0.25, 0.3) is 0 Å². The number of fused-ring (bicyclic) bond motifs is 6. The molecule has 0 unspecified atom stereocenters. The van der Waals surface area contributed by atoms with Gasteiger partial charge in [0.2, 0.25) is 5.89 Å². The van der Waals surface area contributed by atoms with Crippen LogP contribution in [0.1, 0.15) is 0 Å². The van der Waals surface area contributed by atoms with Gasteiger partial charge in [-0.1, -0.05) is 121 Å². The lowest BCUT2D eigenvalue weighted by Gasteiger charge is -2.11. The summed E-state index contributed by atoms with van der Waals surface area (Å²) in [6.07, 6.45) is 0. The molecule has 2 heterocycles. The number of nitrogens with zero attached hydrogens (tertiary/aromatic N) is 4. The van der Waals surface area contributed by atoms with E-state index in [4.69, 9.17) is 24.4 Å². The van der Waals surface area contributed by atoms with Crippen LogP contribution in [0.3, 0.4) is 0 Å². The summed E-state index contributed by atoms with van der Waals surface area (Å²) >= 11 is 0. The van der Waals surface area contributed by atoms with E-state index in [-0.39, 0.29) is 0 Å². The van der Waals surface area contributed by atoms with Gasteiger partial charge in [-0.3, -0.25) is 0 Å². The van der Waals surface area contributed by atoms with Crippen molar-refractivity contribution in [2.24, 2.45) is 0 Å². The normalized spacial score (nSPS) is 11.6. The molecule has 0 saturated carbocycles. The van der Waals surface area contributed by atoms with E-state index in [1.165, 1.54) is 0 Å². The van der Waals surface area contributed by atoms with Crippen molar-refractivity contribution < 1.29 is 4.42 Å². The molecule has 0 N–H and O–H groups in total. The lowest BCUT2D eigenvalue weighted by molar-refractivity contribution is 0.623. The summed E-state index contributed by atoms with van der Waals surface area (Å²) in [4.78, 5) is 19.9. The maximum atomic E-state index is 6.46. The summed E-state index contributed by atoms with van der Waals surface area (Å²) in [5, 5.41) is 6.50. The summed E-state index contributed by atoms with van der Waals surface area (Å²) in [6.45, 7) is 0. The van der Waals surface area contributed by atoms with Crippen molar-refractivity contribution in [2.75, 3.05) is 0 Å². The maximum absolute atomic E-state index is 6.46. The van der Waals surface area contributed by atoms with E-state index in [2.05, 4.69) is 66.7 Å². The number of rotatable bonds is 4. The standard InChI is InChI=1S/C40H24N4O/c1-3-11-28(12-4-1)37-42-38(44-39(43-37)32-17-9-15-25-10-7-8-16-31(25)32)30-21-19-26-18-20-27-22-23-34-36(35(27)33(26)24-30)45-40(41-34)29-13-5-2-6-14-29/h1-24H. The molecule has 2 aromatic heterocycles. The van der Waals surface area contributed by atoms with E-state index in [0.29, 0.717) is 23.4 Å². The Labute approximate surface area is 258 Å². The van der Waals surface area contributed by atoms with Crippen molar-refractivity contribution in [3.8, 4) is 45.6 Å². The number of hydrogen-bond donors (Lipinski definition) is 0. The zero-order valence-electron chi connectivity index (χ0n) is 24.1. The lowest BCUT2D eigenvalue weighted by atomic mass is 9.99. The zero-order chi connectivity index (χ0) is 29.7. The fourth-order valence-electron chi connectivity index (χ4n) is 6.13. The van der Waals surface area contributed by atoms with Crippen LogP contribution in [0, 0.1) is 0 Å². The first-order chi connectivity index (χ1) is 22.3. The van der Waals surface area contributed by atoms with Crippen LogP contribution in [0.5, 0.6) is 0 Å². The molecule has 0 spiro atoms. The van der Waals surface area contributed by atoms with E-state index >= 15 is 0 Å².